The van der Waals surface area contributed by atoms with Gasteiger partial charge >= 0.3 is 0 Å². The van der Waals surface area contributed by atoms with Crippen LogP contribution in [-0.4, -0.2) is 61.6 Å². The van der Waals surface area contributed by atoms with Gasteiger partial charge in [-0.3, -0.25) is 14.3 Å². The molecule has 1 aliphatic rings. The summed E-state index contributed by atoms with van der Waals surface area (Å²) in [5, 5.41) is 8.67. The zero-order valence-corrected chi connectivity index (χ0v) is 18.6. The maximum atomic E-state index is 12.4. The smallest absolute Gasteiger partial charge is 0.266 e. The van der Waals surface area contributed by atoms with Gasteiger partial charge in [0, 0.05) is 61.5 Å². The summed E-state index contributed by atoms with van der Waals surface area (Å²) in [7, 11) is 1.84. The Hall–Kier alpha value is -4.18. The molecule has 1 fully saturated rings. The number of aldehydes is 1. The normalized spacial score (nSPS) is 15.9. The van der Waals surface area contributed by atoms with Gasteiger partial charge in [-0.05, 0) is 11.6 Å². The molecule has 0 spiro atoms. The predicted octanol–water partition coefficient (Wildman–Crippen LogP) is 1.82. The van der Waals surface area contributed by atoms with Crippen molar-refractivity contribution in [1.82, 2.24) is 29.5 Å². The van der Waals surface area contributed by atoms with Crippen LogP contribution in [0.25, 0.3) is 22.4 Å². The molecule has 1 aromatic carbocycles. The standard InChI is InChI=1S/C24H23N7O3/c1-29-13-20(12-27-29)22-6-7-23(33)31(28-22)15-21-14-30(8-9-34-21)24-25-10-19(11-26-24)18-4-2-17(16-32)3-5-18/h2-7,10-13,16,21H,8-9,14-15H2,1H3/t21-/m0/s1. The lowest BCUT2D eigenvalue weighted by Gasteiger charge is -2.33. The average molecular weight is 457 g/mol. The molecule has 0 radical (unpaired) electrons. The van der Waals surface area contributed by atoms with E-state index in [4.69, 9.17) is 4.74 Å². The summed E-state index contributed by atoms with van der Waals surface area (Å²) in [6, 6.07) is 10.5. The Morgan fingerprint density at radius 3 is 2.53 bits per heavy atom. The highest BCUT2D eigenvalue weighted by molar-refractivity contribution is 5.76. The van der Waals surface area contributed by atoms with Crippen molar-refractivity contribution in [1.29, 1.82) is 0 Å². The molecule has 10 nitrogen and oxygen atoms in total. The number of anilines is 1. The first-order chi connectivity index (χ1) is 16.6. The number of morpholine rings is 1. The summed E-state index contributed by atoms with van der Waals surface area (Å²) in [5.41, 5.74) is 3.77. The third kappa shape index (κ3) is 4.62. The van der Waals surface area contributed by atoms with E-state index >= 15 is 0 Å². The fourth-order valence-corrected chi connectivity index (χ4v) is 3.88. The summed E-state index contributed by atoms with van der Waals surface area (Å²) in [6.07, 6.45) is 7.69. The lowest BCUT2D eigenvalue weighted by molar-refractivity contribution is 0.0260. The summed E-state index contributed by atoms with van der Waals surface area (Å²) in [5.74, 6) is 0.603. The molecule has 0 saturated carbocycles. The van der Waals surface area contributed by atoms with Crippen LogP contribution in [0.1, 0.15) is 10.4 Å². The first kappa shape index (κ1) is 21.7. The van der Waals surface area contributed by atoms with Gasteiger partial charge in [0.15, 0.2) is 0 Å². The molecule has 1 aliphatic heterocycles. The van der Waals surface area contributed by atoms with Crippen LogP contribution in [0.15, 0.2) is 66.0 Å². The highest BCUT2D eigenvalue weighted by Gasteiger charge is 2.23. The van der Waals surface area contributed by atoms with E-state index < -0.39 is 0 Å². The third-order valence-corrected chi connectivity index (χ3v) is 5.68. The molecule has 0 unspecified atom stereocenters. The average Bonchev–Trinajstić information content (AvgIpc) is 3.32. The van der Waals surface area contributed by atoms with E-state index in [0.29, 0.717) is 43.4 Å². The molecule has 1 atom stereocenters. The Morgan fingerprint density at radius 1 is 1.03 bits per heavy atom. The Morgan fingerprint density at radius 2 is 1.82 bits per heavy atom. The second-order valence-electron chi connectivity index (χ2n) is 8.09. The lowest BCUT2D eigenvalue weighted by atomic mass is 10.1. The van der Waals surface area contributed by atoms with Crippen LogP contribution >= 0.6 is 0 Å². The highest BCUT2D eigenvalue weighted by Crippen LogP contribution is 2.21. The summed E-state index contributed by atoms with van der Waals surface area (Å²) >= 11 is 0. The van der Waals surface area contributed by atoms with Crippen LogP contribution in [0.2, 0.25) is 0 Å². The SMILES string of the molecule is Cn1cc(-c2ccc(=O)n(C[C@@H]3CN(c4ncc(-c5ccc(C=O)cc5)cn4)CCO3)n2)cn1. The van der Waals surface area contributed by atoms with Crippen molar-refractivity contribution >= 4 is 12.2 Å². The summed E-state index contributed by atoms with van der Waals surface area (Å²) in [4.78, 5) is 34.4. The van der Waals surface area contributed by atoms with Crippen LogP contribution in [0.4, 0.5) is 5.95 Å². The molecule has 172 valence electrons. The number of ether oxygens (including phenoxy) is 1. The van der Waals surface area contributed by atoms with Gasteiger partial charge in [0.05, 0.1) is 31.1 Å². The maximum Gasteiger partial charge on any atom is 0.266 e. The van der Waals surface area contributed by atoms with E-state index in [1.165, 1.54) is 10.7 Å². The van der Waals surface area contributed by atoms with Crippen molar-refractivity contribution in [3.63, 3.8) is 0 Å². The van der Waals surface area contributed by atoms with Gasteiger partial charge in [-0.15, -0.1) is 0 Å². The number of carbonyl (C=O) groups is 1. The first-order valence-electron chi connectivity index (χ1n) is 10.9. The predicted molar refractivity (Wildman–Crippen MR) is 126 cm³/mol. The van der Waals surface area contributed by atoms with Gasteiger partial charge in [0.2, 0.25) is 5.95 Å². The van der Waals surface area contributed by atoms with Crippen molar-refractivity contribution in [2.45, 2.75) is 12.6 Å². The molecule has 34 heavy (non-hydrogen) atoms. The number of carbonyl (C=O) groups excluding carboxylic acids is 1. The van der Waals surface area contributed by atoms with E-state index in [9.17, 15) is 9.59 Å². The zero-order valence-electron chi connectivity index (χ0n) is 18.6. The largest absolute Gasteiger partial charge is 0.373 e. The summed E-state index contributed by atoms with van der Waals surface area (Å²) in [6.45, 7) is 2.02. The van der Waals surface area contributed by atoms with Crippen LogP contribution in [0.5, 0.6) is 0 Å². The van der Waals surface area contributed by atoms with Crippen LogP contribution in [-0.2, 0) is 18.3 Å². The number of nitrogens with zero attached hydrogens (tertiary/aromatic N) is 7. The number of aryl methyl sites for hydroxylation is 1. The second kappa shape index (κ2) is 9.36. The minimum Gasteiger partial charge on any atom is -0.373 e. The molecule has 0 N–H and O–H groups in total. The molecule has 4 heterocycles. The molecule has 0 amide bonds. The van der Waals surface area contributed by atoms with E-state index in [0.717, 1.165) is 23.0 Å². The molecule has 0 aliphatic carbocycles. The number of hydrogen-bond acceptors (Lipinski definition) is 8. The molecule has 0 bridgehead atoms. The Kier molecular flexibility index (Phi) is 5.96. The first-order valence-corrected chi connectivity index (χ1v) is 10.9. The molecule has 10 heteroatoms. The van der Waals surface area contributed by atoms with Gasteiger partial charge in [0.1, 0.15) is 6.29 Å². The maximum absolute atomic E-state index is 12.4. The van der Waals surface area contributed by atoms with E-state index in [-0.39, 0.29) is 11.7 Å². The van der Waals surface area contributed by atoms with Gasteiger partial charge < -0.3 is 9.64 Å². The minimum atomic E-state index is -0.234. The van der Waals surface area contributed by atoms with Crippen LogP contribution in [0.3, 0.4) is 0 Å². The number of hydrogen-bond donors (Lipinski definition) is 0. The summed E-state index contributed by atoms with van der Waals surface area (Å²) < 4.78 is 9.04. The Bertz CT molecular complexity index is 1350. The molecule has 3 aromatic heterocycles. The zero-order chi connectivity index (χ0) is 23.5. The molecular formula is C24H23N7O3. The molecule has 4 aromatic rings. The van der Waals surface area contributed by atoms with Gasteiger partial charge in [0.25, 0.3) is 5.56 Å². The van der Waals surface area contributed by atoms with E-state index in [1.54, 1.807) is 41.5 Å². The van der Waals surface area contributed by atoms with Crippen molar-refractivity contribution in [2.75, 3.05) is 24.6 Å². The van der Waals surface area contributed by atoms with Crippen molar-refractivity contribution in [2.24, 2.45) is 7.05 Å². The Balaban J connectivity index is 1.29. The van der Waals surface area contributed by atoms with Crippen LogP contribution in [0, 0.1) is 0 Å². The molecule has 5 rings (SSSR count). The van der Waals surface area contributed by atoms with E-state index in [1.807, 2.05) is 30.3 Å². The van der Waals surface area contributed by atoms with Crippen molar-refractivity contribution < 1.29 is 9.53 Å². The highest BCUT2D eigenvalue weighted by atomic mass is 16.5. The number of rotatable bonds is 6. The lowest BCUT2D eigenvalue weighted by Crippen LogP contribution is -2.46. The second-order valence-corrected chi connectivity index (χ2v) is 8.09. The molecular weight excluding hydrogens is 434 g/mol. The van der Waals surface area contributed by atoms with Gasteiger partial charge in [-0.2, -0.15) is 10.2 Å². The van der Waals surface area contributed by atoms with Gasteiger partial charge in [-0.1, -0.05) is 24.3 Å². The van der Waals surface area contributed by atoms with Crippen molar-refractivity contribution in [3.8, 4) is 22.4 Å². The number of benzene rings is 1. The topological polar surface area (TPSA) is 108 Å². The quantitative estimate of drug-likeness (QED) is 0.404. The van der Waals surface area contributed by atoms with Gasteiger partial charge in [-0.25, -0.2) is 14.6 Å². The van der Waals surface area contributed by atoms with Crippen LogP contribution < -0.4 is 10.5 Å². The minimum absolute atomic E-state index is 0.186. The molecule has 1 saturated heterocycles. The number of aromatic nitrogens is 6. The Labute approximate surface area is 195 Å². The fraction of sp³-hybridized carbons (Fsp3) is 0.250. The van der Waals surface area contributed by atoms with Crippen molar-refractivity contribution in [3.05, 3.63) is 77.1 Å². The van der Waals surface area contributed by atoms with E-state index in [2.05, 4.69) is 20.2 Å². The third-order valence-electron chi connectivity index (χ3n) is 5.68. The monoisotopic (exact) mass is 457 g/mol. The fourth-order valence-electron chi connectivity index (χ4n) is 3.88.